The summed E-state index contributed by atoms with van der Waals surface area (Å²) in [6.45, 7) is 0. The van der Waals surface area contributed by atoms with Gasteiger partial charge in [-0.3, -0.25) is 0 Å². The van der Waals surface area contributed by atoms with Gasteiger partial charge in [0.05, 0.1) is 17.3 Å². The summed E-state index contributed by atoms with van der Waals surface area (Å²) < 4.78 is 0.918. The lowest BCUT2D eigenvalue weighted by Crippen LogP contribution is -2.24. The third-order valence-corrected chi connectivity index (χ3v) is 1.92. The minimum absolute atomic E-state index is 0.363. The molecule has 1 aromatic heterocycles. The van der Waals surface area contributed by atoms with Crippen molar-refractivity contribution in [1.82, 2.24) is 14.8 Å². The Morgan fingerprint density at radius 2 is 1.87 bits per heavy atom. The number of benzene rings is 1. The van der Waals surface area contributed by atoms with Crippen molar-refractivity contribution in [3.05, 3.63) is 50.8 Å². The van der Waals surface area contributed by atoms with E-state index < -0.39 is 11.4 Å². The molecule has 1 aromatic carbocycles. The van der Waals surface area contributed by atoms with E-state index >= 15 is 0 Å². The third-order valence-electron chi connectivity index (χ3n) is 1.92. The van der Waals surface area contributed by atoms with Crippen LogP contribution in [0.5, 0.6) is 0 Å². The maximum atomic E-state index is 11.2. The first-order valence-corrected chi connectivity index (χ1v) is 4.12. The number of nitriles is 1. The Kier molecular flexibility index (Phi) is 1.99. The molecule has 0 fully saturated rings. The van der Waals surface area contributed by atoms with Crippen LogP contribution in [0.2, 0.25) is 0 Å². The van der Waals surface area contributed by atoms with Gasteiger partial charge in [0.2, 0.25) is 0 Å². The lowest BCUT2D eigenvalue weighted by atomic mass is 10.2. The van der Waals surface area contributed by atoms with Crippen LogP contribution < -0.4 is 11.4 Å². The molecule has 0 spiro atoms. The molecule has 2 N–H and O–H groups in total. The molecule has 74 valence electrons. The standard InChI is InChI=1S/C9H6N4O2/c10-5-6-2-1-3-7(4-6)13-8(14)11-12-9(13)15/h1-4H,(H,11,14)(H,12,15). The van der Waals surface area contributed by atoms with Crippen LogP contribution in [0.3, 0.4) is 0 Å². The number of rotatable bonds is 1. The van der Waals surface area contributed by atoms with E-state index in [1.165, 1.54) is 6.07 Å². The zero-order valence-electron chi connectivity index (χ0n) is 7.52. The molecule has 0 aliphatic carbocycles. The molecule has 1 heterocycles. The topological polar surface area (TPSA) is 94.4 Å². The summed E-state index contributed by atoms with van der Waals surface area (Å²) in [7, 11) is 0. The first-order valence-electron chi connectivity index (χ1n) is 4.12. The van der Waals surface area contributed by atoms with Crippen molar-refractivity contribution in [3.63, 3.8) is 0 Å². The molecule has 0 unspecified atom stereocenters. The molecule has 0 saturated heterocycles. The average Bonchev–Trinajstić information content (AvgIpc) is 2.59. The van der Waals surface area contributed by atoms with E-state index in [1.54, 1.807) is 18.2 Å². The molecule has 0 aliphatic heterocycles. The summed E-state index contributed by atoms with van der Waals surface area (Å²) >= 11 is 0. The van der Waals surface area contributed by atoms with Crippen molar-refractivity contribution in [2.75, 3.05) is 0 Å². The predicted octanol–water partition coefficient (Wildman–Crippen LogP) is -0.274. The van der Waals surface area contributed by atoms with Crippen LogP contribution in [-0.2, 0) is 0 Å². The highest BCUT2D eigenvalue weighted by Crippen LogP contribution is 2.05. The highest BCUT2D eigenvalue weighted by atomic mass is 16.2. The number of aromatic amines is 2. The van der Waals surface area contributed by atoms with Crippen molar-refractivity contribution in [3.8, 4) is 11.8 Å². The summed E-state index contributed by atoms with van der Waals surface area (Å²) in [6, 6.07) is 8.16. The van der Waals surface area contributed by atoms with Gasteiger partial charge in [-0.25, -0.2) is 24.4 Å². The van der Waals surface area contributed by atoms with E-state index in [0.717, 1.165) is 4.57 Å². The maximum absolute atomic E-state index is 11.2. The summed E-state index contributed by atoms with van der Waals surface area (Å²) in [5.41, 5.74) is -0.369. The normalized spacial score (nSPS) is 9.80. The van der Waals surface area contributed by atoms with Crippen LogP contribution in [0.15, 0.2) is 33.9 Å². The number of H-pyrrole nitrogens is 2. The van der Waals surface area contributed by atoms with Gasteiger partial charge in [0.15, 0.2) is 0 Å². The van der Waals surface area contributed by atoms with E-state index in [0.29, 0.717) is 11.3 Å². The van der Waals surface area contributed by atoms with E-state index in [1.807, 2.05) is 6.07 Å². The fourth-order valence-corrected chi connectivity index (χ4v) is 1.26. The Labute approximate surface area is 83.4 Å². The Morgan fingerprint density at radius 1 is 1.20 bits per heavy atom. The molecule has 0 bridgehead atoms. The number of hydrogen-bond acceptors (Lipinski definition) is 3. The zero-order chi connectivity index (χ0) is 10.8. The molecular formula is C9H6N4O2. The number of hydrogen-bond donors (Lipinski definition) is 2. The van der Waals surface area contributed by atoms with E-state index in [2.05, 4.69) is 10.2 Å². The highest BCUT2D eigenvalue weighted by Gasteiger charge is 2.05. The van der Waals surface area contributed by atoms with Gasteiger partial charge in [-0.05, 0) is 18.2 Å². The SMILES string of the molecule is N#Cc1cccc(-n2c(=O)[nH][nH]c2=O)c1. The molecule has 0 atom stereocenters. The fraction of sp³-hybridized carbons (Fsp3) is 0. The van der Waals surface area contributed by atoms with Crippen molar-refractivity contribution >= 4 is 0 Å². The molecule has 15 heavy (non-hydrogen) atoms. The quantitative estimate of drug-likeness (QED) is 0.666. The lowest BCUT2D eigenvalue weighted by Gasteiger charge is -1.98. The Morgan fingerprint density at radius 3 is 2.47 bits per heavy atom. The second-order valence-corrected chi connectivity index (χ2v) is 2.86. The Bertz CT molecular complexity index is 613. The molecule has 2 aromatic rings. The van der Waals surface area contributed by atoms with Crippen molar-refractivity contribution in [1.29, 1.82) is 5.26 Å². The van der Waals surface area contributed by atoms with Gasteiger partial charge in [0.1, 0.15) is 0 Å². The minimum atomic E-state index is -0.560. The van der Waals surface area contributed by atoms with Gasteiger partial charge in [-0.1, -0.05) is 6.07 Å². The number of aromatic nitrogens is 3. The van der Waals surface area contributed by atoms with Crippen LogP contribution in [0, 0.1) is 11.3 Å². The van der Waals surface area contributed by atoms with Crippen LogP contribution in [0.4, 0.5) is 0 Å². The minimum Gasteiger partial charge on any atom is -0.247 e. The first-order chi connectivity index (χ1) is 7.22. The van der Waals surface area contributed by atoms with Crippen LogP contribution in [0.25, 0.3) is 5.69 Å². The molecule has 0 aliphatic rings. The largest absolute Gasteiger partial charge is 0.348 e. The molecule has 0 radical (unpaired) electrons. The van der Waals surface area contributed by atoms with Crippen molar-refractivity contribution in [2.45, 2.75) is 0 Å². The summed E-state index contributed by atoms with van der Waals surface area (Å²) in [4.78, 5) is 22.5. The molecular weight excluding hydrogens is 196 g/mol. The van der Waals surface area contributed by atoms with Crippen molar-refractivity contribution in [2.24, 2.45) is 0 Å². The lowest BCUT2D eigenvalue weighted by molar-refractivity contribution is 0.951. The van der Waals surface area contributed by atoms with E-state index in [9.17, 15) is 9.59 Å². The summed E-state index contributed by atoms with van der Waals surface area (Å²) in [5.74, 6) is 0. The van der Waals surface area contributed by atoms with E-state index in [-0.39, 0.29) is 0 Å². The van der Waals surface area contributed by atoms with Crippen LogP contribution >= 0.6 is 0 Å². The second-order valence-electron chi connectivity index (χ2n) is 2.86. The van der Waals surface area contributed by atoms with Crippen LogP contribution in [0.1, 0.15) is 5.56 Å². The molecule has 0 saturated carbocycles. The molecule has 2 rings (SSSR count). The highest BCUT2D eigenvalue weighted by molar-refractivity contribution is 5.40. The first kappa shape index (κ1) is 9.02. The second kappa shape index (κ2) is 3.31. The Hall–Kier alpha value is -2.55. The van der Waals surface area contributed by atoms with Gasteiger partial charge in [0.25, 0.3) is 0 Å². The molecule has 6 nitrogen and oxygen atoms in total. The number of nitrogens with one attached hydrogen (secondary N) is 2. The third kappa shape index (κ3) is 1.46. The van der Waals surface area contributed by atoms with E-state index in [4.69, 9.17) is 5.26 Å². The fourth-order valence-electron chi connectivity index (χ4n) is 1.26. The number of nitrogens with zero attached hydrogens (tertiary/aromatic N) is 2. The van der Waals surface area contributed by atoms with Gasteiger partial charge in [-0.15, -0.1) is 0 Å². The predicted molar refractivity (Wildman–Crippen MR) is 51.7 cm³/mol. The van der Waals surface area contributed by atoms with Gasteiger partial charge in [0, 0.05) is 0 Å². The van der Waals surface area contributed by atoms with Crippen molar-refractivity contribution < 1.29 is 0 Å². The summed E-state index contributed by atoms with van der Waals surface area (Å²) in [5, 5.41) is 13.0. The summed E-state index contributed by atoms with van der Waals surface area (Å²) in [6.07, 6.45) is 0. The Balaban J connectivity index is 2.71. The van der Waals surface area contributed by atoms with Gasteiger partial charge >= 0.3 is 11.4 Å². The zero-order valence-corrected chi connectivity index (χ0v) is 7.52. The average molecular weight is 202 g/mol. The molecule has 0 amide bonds. The van der Waals surface area contributed by atoms with Gasteiger partial charge in [-0.2, -0.15) is 5.26 Å². The van der Waals surface area contributed by atoms with Gasteiger partial charge < -0.3 is 0 Å². The monoisotopic (exact) mass is 202 g/mol. The smallest absolute Gasteiger partial charge is 0.247 e. The molecule has 6 heteroatoms. The maximum Gasteiger partial charge on any atom is 0.348 e. The van der Waals surface area contributed by atoms with Crippen LogP contribution in [-0.4, -0.2) is 14.8 Å².